The molecule has 2 heteroatoms. The third kappa shape index (κ3) is 2.11. The van der Waals surface area contributed by atoms with Gasteiger partial charge in [0, 0.05) is 26.8 Å². The highest BCUT2D eigenvalue weighted by Gasteiger charge is 2.39. The zero-order valence-corrected chi connectivity index (χ0v) is 18.3. The number of fused-ring (bicyclic) bond motifs is 9. The molecule has 1 aliphatic carbocycles. The van der Waals surface area contributed by atoms with E-state index >= 15 is 0 Å². The number of hydrogen-bond donors (Lipinski definition) is 0. The van der Waals surface area contributed by atoms with Crippen molar-refractivity contribution >= 4 is 43.2 Å². The minimum absolute atomic E-state index is 0.0153. The Morgan fingerprint density at radius 3 is 2.26 bits per heavy atom. The van der Waals surface area contributed by atoms with Gasteiger partial charge >= 0.3 is 0 Å². The van der Waals surface area contributed by atoms with Gasteiger partial charge in [0.15, 0.2) is 0 Å². The fourth-order valence-electron chi connectivity index (χ4n) is 5.62. The fraction of sp³-hybridized carbons (Fsp3) is 0.103. The number of hydrogen-bond acceptors (Lipinski definition) is 1. The Labute approximate surface area is 185 Å². The topological polar surface area (TPSA) is 4.93 Å². The number of benzene rings is 4. The summed E-state index contributed by atoms with van der Waals surface area (Å²) < 4.78 is 3.85. The molecule has 4 aromatic carbocycles. The van der Waals surface area contributed by atoms with E-state index in [2.05, 4.69) is 109 Å². The standard InChI is InChI=1S/C29H21NS/c1-29(2)23-14-8-6-13-21(23)27-25(29)22-17-16-20-19-12-7-9-15-24(19)30(26(20)28(22)31-27)18-10-4-3-5-11-18/h3-17H,1-2H3. The summed E-state index contributed by atoms with van der Waals surface area (Å²) in [6.07, 6.45) is 0. The molecule has 0 unspecified atom stereocenters. The van der Waals surface area contributed by atoms with E-state index in [0.717, 1.165) is 0 Å². The highest BCUT2D eigenvalue weighted by atomic mass is 32.1. The van der Waals surface area contributed by atoms with E-state index in [0.29, 0.717) is 0 Å². The minimum atomic E-state index is 0.0153. The van der Waals surface area contributed by atoms with E-state index in [4.69, 9.17) is 0 Å². The molecule has 0 radical (unpaired) electrons. The summed E-state index contributed by atoms with van der Waals surface area (Å²) >= 11 is 1.96. The maximum absolute atomic E-state index is 2.46. The maximum Gasteiger partial charge on any atom is 0.0719 e. The molecule has 148 valence electrons. The number of para-hydroxylation sites is 2. The van der Waals surface area contributed by atoms with Gasteiger partial charge in [0.2, 0.25) is 0 Å². The highest BCUT2D eigenvalue weighted by Crippen LogP contribution is 2.56. The van der Waals surface area contributed by atoms with Gasteiger partial charge in [0.1, 0.15) is 0 Å². The fourth-order valence-corrected chi connectivity index (χ4v) is 7.16. The molecule has 0 bridgehead atoms. The zero-order valence-electron chi connectivity index (χ0n) is 17.5. The van der Waals surface area contributed by atoms with Crippen LogP contribution >= 0.6 is 11.3 Å². The van der Waals surface area contributed by atoms with Gasteiger partial charge in [-0.3, -0.25) is 0 Å². The van der Waals surface area contributed by atoms with Gasteiger partial charge in [-0.2, -0.15) is 0 Å². The van der Waals surface area contributed by atoms with Crippen LogP contribution in [0.3, 0.4) is 0 Å². The second-order valence-electron chi connectivity index (χ2n) is 9.00. The molecular weight excluding hydrogens is 394 g/mol. The third-order valence-electron chi connectivity index (χ3n) is 6.98. The molecule has 0 spiro atoms. The molecule has 6 aromatic rings. The summed E-state index contributed by atoms with van der Waals surface area (Å²) in [6, 6.07) is 33.2. The van der Waals surface area contributed by atoms with Crippen molar-refractivity contribution in [1.82, 2.24) is 4.57 Å². The lowest BCUT2D eigenvalue weighted by Crippen LogP contribution is -2.14. The normalized spacial score (nSPS) is 14.4. The van der Waals surface area contributed by atoms with Crippen LogP contribution in [0.2, 0.25) is 0 Å². The Balaban J connectivity index is 1.70. The van der Waals surface area contributed by atoms with Crippen molar-refractivity contribution in [2.45, 2.75) is 19.3 Å². The van der Waals surface area contributed by atoms with Crippen molar-refractivity contribution in [3.63, 3.8) is 0 Å². The summed E-state index contributed by atoms with van der Waals surface area (Å²) in [6.45, 7) is 4.75. The van der Waals surface area contributed by atoms with E-state index in [1.165, 1.54) is 59.1 Å². The minimum Gasteiger partial charge on any atom is -0.308 e. The quantitative estimate of drug-likeness (QED) is 0.254. The predicted molar refractivity (Wildman–Crippen MR) is 134 cm³/mol. The van der Waals surface area contributed by atoms with Crippen LogP contribution in [0.25, 0.3) is 48.0 Å². The molecule has 0 atom stereocenters. The van der Waals surface area contributed by atoms with Gasteiger partial charge in [0.05, 0.1) is 15.7 Å². The monoisotopic (exact) mass is 415 g/mol. The van der Waals surface area contributed by atoms with Gasteiger partial charge in [-0.15, -0.1) is 11.3 Å². The highest BCUT2D eigenvalue weighted by molar-refractivity contribution is 7.23. The summed E-state index contributed by atoms with van der Waals surface area (Å²) in [5.74, 6) is 0. The molecule has 7 rings (SSSR count). The molecule has 1 nitrogen and oxygen atoms in total. The largest absolute Gasteiger partial charge is 0.308 e. The van der Waals surface area contributed by atoms with Crippen LogP contribution in [0.15, 0.2) is 91.0 Å². The summed E-state index contributed by atoms with van der Waals surface area (Å²) in [5.41, 5.74) is 8.17. The number of thiophene rings is 1. The van der Waals surface area contributed by atoms with E-state index < -0.39 is 0 Å². The van der Waals surface area contributed by atoms with Gasteiger partial charge in [-0.05, 0) is 40.3 Å². The first-order valence-electron chi connectivity index (χ1n) is 10.8. The Morgan fingerprint density at radius 1 is 0.677 bits per heavy atom. The molecule has 31 heavy (non-hydrogen) atoms. The first kappa shape index (κ1) is 17.3. The van der Waals surface area contributed by atoms with E-state index in [1.54, 1.807) is 0 Å². The molecule has 0 fully saturated rings. The van der Waals surface area contributed by atoms with E-state index in [-0.39, 0.29) is 5.41 Å². The van der Waals surface area contributed by atoms with Crippen molar-refractivity contribution in [3.05, 3.63) is 102 Å². The van der Waals surface area contributed by atoms with Crippen molar-refractivity contribution < 1.29 is 0 Å². The molecule has 2 aromatic heterocycles. The number of rotatable bonds is 1. The molecule has 0 N–H and O–H groups in total. The van der Waals surface area contributed by atoms with Crippen LogP contribution in [-0.2, 0) is 5.41 Å². The number of nitrogens with zero attached hydrogens (tertiary/aromatic N) is 1. The van der Waals surface area contributed by atoms with Crippen LogP contribution in [0.4, 0.5) is 0 Å². The SMILES string of the molecule is CC1(C)c2ccccc2-c2sc3c(ccc4c5ccccc5n(-c5ccccc5)c43)c21. The molecule has 0 saturated heterocycles. The zero-order chi connectivity index (χ0) is 20.7. The van der Waals surface area contributed by atoms with Crippen LogP contribution in [0.5, 0.6) is 0 Å². The summed E-state index contributed by atoms with van der Waals surface area (Å²) in [7, 11) is 0. The maximum atomic E-state index is 2.46. The van der Waals surface area contributed by atoms with Gasteiger partial charge < -0.3 is 4.57 Å². The Bertz CT molecular complexity index is 1650. The third-order valence-corrected chi connectivity index (χ3v) is 8.22. The molecular formula is C29H21NS. The Kier molecular flexibility index (Phi) is 3.28. The second kappa shape index (κ2) is 5.87. The molecule has 2 heterocycles. The Morgan fingerprint density at radius 2 is 1.39 bits per heavy atom. The van der Waals surface area contributed by atoms with E-state index in [1.807, 2.05) is 11.3 Å². The Hall–Kier alpha value is -3.36. The predicted octanol–water partition coefficient (Wildman–Crippen LogP) is 8.30. The lowest BCUT2D eigenvalue weighted by atomic mass is 9.81. The molecule has 1 aliphatic rings. The first-order valence-corrected chi connectivity index (χ1v) is 11.6. The smallest absolute Gasteiger partial charge is 0.0719 e. The van der Waals surface area contributed by atoms with Crippen LogP contribution < -0.4 is 0 Å². The van der Waals surface area contributed by atoms with Crippen molar-refractivity contribution in [2.75, 3.05) is 0 Å². The van der Waals surface area contributed by atoms with Gasteiger partial charge in [-0.1, -0.05) is 86.6 Å². The number of aromatic nitrogens is 1. The van der Waals surface area contributed by atoms with Crippen molar-refractivity contribution in [3.8, 4) is 16.1 Å². The van der Waals surface area contributed by atoms with Crippen molar-refractivity contribution in [1.29, 1.82) is 0 Å². The average molecular weight is 416 g/mol. The molecule has 0 amide bonds. The van der Waals surface area contributed by atoms with Gasteiger partial charge in [0.25, 0.3) is 0 Å². The molecule has 0 saturated carbocycles. The van der Waals surface area contributed by atoms with Crippen LogP contribution in [-0.4, -0.2) is 4.57 Å². The van der Waals surface area contributed by atoms with Crippen LogP contribution in [0, 0.1) is 0 Å². The summed E-state index contributed by atoms with van der Waals surface area (Å²) in [4.78, 5) is 1.44. The molecule has 0 aliphatic heterocycles. The average Bonchev–Trinajstić information content (AvgIpc) is 3.42. The van der Waals surface area contributed by atoms with Crippen molar-refractivity contribution in [2.24, 2.45) is 0 Å². The van der Waals surface area contributed by atoms with Crippen LogP contribution in [0.1, 0.15) is 25.0 Å². The lowest BCUT2D eigenvalue weighted by molar-refractivity contribution is 0.667. The first-order chi connectivity index (χ1) is 15.2. The summed E-state index contributed by atoms with van der Waals surface area (Å²) in [5, 5.41) is 4.04. The second-order valence-corrected chi connectivity index (χ2v) is 10.0. The van der Waals surface area contributed by atoms with Gasteiger partial charge in [-0.25, -0.2) is 0 Å². The van der Waals surface area contributed by atoms with E-state index in [9.17, 15) is 0 Å². The lowest BCUT2D eigenvalue weighted by Gasteiger charge is -2.21.